The van der Waals surface area contributed by atoms with Gasteiger partial charge in [-0.2, -0.15) is 0 Å². The Morgan fingerprint density at radius 3 is 1.50 bits per heavy atom. The van der Waals surface area contributed by atoms with E-state index in [1.54, 1.807) is 155 Å². The van der Waals surface area contributed by atoms with Gasteiger partial charge in [0.1, 0.15) is 23.0 Å². The standard InChI is InChI=1S/C49H43BF2N2O8/c1-7-61-48(55)42-39(31-14-22-35(57-3)23-15-31)45(53-44(42)33-18-26-37(59-5)27-19-33)41(30-12-10-9-11-13-30)47-40(32-16-24-36(58-4)25-17-32)43(49(56)62-8-2)46(54(47)50(51)52)34-20-28-38(60-6)29-21-34/h9-29H,7-8H2,1-6H3/b45-41-. The minimum atomic E-state index is -3.23. The van der Waals surface area contributed by atoms with Crippen molar-refractivity contribution >= 4 is 36.2 Å². The van der Waals surface area contributed by atoms with Crippen molar-refractivity contribution in [2.24, 2.45) is 4.99 Å². The number of benzene rings is 5. The molecule has 0 N–H and O–H groups in total. The van der Waals surface area contributed by atoms with Crippen molar-refractivity contribution in [1.29, 1.82) is 0 Å². The molecule has 1 aliphatic heterocycles. The molecular formula is C49H43BF2N2O8. The van der Waals surface area contributed by atoms with Crippen molar-refractivity contribution in [3.05, 3.63) is 167 Å². The number of ether oxygens (including phenoxy) is 6. The fourth-order valence-corrected chi connectivity index (χ4v) is 7.53. The summed E-state index contributed by atoms with van der Waals surface area (Å²) in [7, 11) is 2.87. The van der Waals surface area contributed by atoms with Crippen LogP contribution in [0.2, 0.25) is 0 Å². The van der Waals surface area contributed by atoms with Crippen molar-refractivity contribution in [1.82, 2.24) is 4.48 Å². The second kappa shape index (κ2) is 18.9. The SMILES string of the molecule is CCOC(=O)C1=C(c2ccc(OC)cc2)/C(=C(\c2ccccc2)c2c(-c3ccc(OC)cc3)c(C(=O)OCC)c(-c3ccc(OC)cc3)n2B(F)F)N=C1c1ccc(OC)cc1. The van der Waals surface area contributed by atoms with Crippen LogP contribution in [-0.2, 0) is 14.3 Å². The summed E-state index contributed by atoms with van der Waals surface area (Å²) >= 11 is 0. The molecule has 6 aromatic rings. The number of hydrogen-bond acceptors (Lipinski definition) is 9. The number of nitrogens with zero attached hydrogens (tertiary/aromatic N) is 2. The first kappa shape index (κ1) is 42.7. The molecule has 0 saturated carbocycles. The Bertz CT molecular complexity index is 2670. The molecule has 0 spiro atoms. The lowest BCUT2D eigenvalue weighted by Crippen LogP contribution is -2.19. The molecule has 0 atom stereocenters. The first-order valence-electron chi connectivity index (χ1n) is 19.8. The number of halogens is 2. The molecule has 0 aliphatic carbocycles. The highest BCUT2D eigenvalue weighted by Gasteiger charge is 2.41. The zero-order valence-electron chi connectivity index (χ0n) is 35.0. The monoisotopic (exact) mass is 836 g/mol. The molecule has 10 nitrogen and oxygen atoms in total. The van der Waals surface area contributed by atoms with E-state index in [1.165, 1.54) is 14.2 Å². The molecule has 7 rings (SSSR count). The van der Waals surface area contributed by atoms with E-state index in [0.29, 0.717) is 56.4 Å². The van der Waals surface area contributed by atoms with Crippen molar-refractivity contribution in [3.8, 4) is 45.4 Å². The summed E-state index contributed by atoms with van der Waals surface area (Å²) in [6.45, 7) is 3.36. The second-order valence-corrected chi connectivity index (χ2v) is 13.7. The third-order valence-corrected chi connectivity index (χ3v) is 10.3. The molecule has 314 valence electrons. The minimum Gasteiger partial charge on any atom is -0.497 e. The second-order valence-electron chi connectivity index (χ2n) is 13.7. The maximum atomic E-state index is 16.6. The van der Waals surface area contributed by atoms with Crippen molar-refractivity contribution < 1.29 is 46.6 Å². The Morgan fingerprint density at radius 1 is 0.581 bits per heavy atom. The highest BCUT2D eigenvalue weighted by molar-refractivity contribution is 6.43. The first-order valence-corrected chi connectivity index (χ1v) is 19.8. The average molecular weight is 837 g/mol. The zero-order chi connectivity index (χ0) is 43.9. The molecule has 0 fully saturated rings. The van der Waals surface area contributed by atoms with E-state index in [1.807, 2.05) is 0 Å². The van der Waals surface area contributed by atoms with E-state index < -0.39 is 19.3 Å². The van der Waals surface area contributed by atoms with Gasteiger partial charge in [0.2, 0.25) is 0 Å². The summed E-state index contributed by atoms with van der Waals surface area (Å²) in [6, 6.07) is 36.2. The van der Waals surface area contributed by atoms with Gasteiger partial charge in [0.05, 0.1) is 75.6 Å². The molecule has 0 saturated heterocycles. The Hall–Kier alpha value is -7.41. The quantitative estimate of drug-likeness (QED) is 0.0744. The molecule has 0 unspecified atom stereocenters. The molecule has 0 amide bonds. The summed E-state index contributed by atoms with van der Waals surface area (Å²) in [5, 5.41) is 0. The van der Waals surface area contributed by atoms with Gasteiger partial charge in [-0.3, -0.25) is 8.63 Å². The van der Waals surface area contributed by atoms with Crippen LogP contribution in [0.15, 0.2) is 144 Å². The number of aromatic nitrogens is 1. The summed E-state index contributed by atoms with van der Waals surface area (Å²) in [4.78, 5) is 34.2. The predicted octanol–water partition coefficient (Wildman–Crippen LogP) is 10.1. The number of rotatable bonds is 15. The molecule has 0 bridgehead atoms. The normalized spacial score (nSPS) is 13.0. The summed E-state index contributed by atoms with van der Waals surface area (Å²) in [5.41, 5.74) is 3.10. The van der Waals surface area contributed by atoms with E-state index in [4.69, 9.17) is 33.4 Å². The summed E-state index contributed by atoms with van der Waals surface area (Å²) < 4.78 is 67.3. The highest BCUT2D eigenvalue weighted by atomic mass is 19.2. The van der Waals surface area contributed by atoms with Crippen LogP contribution in [0.25, 0.3) is 33.5 Å². The van der Waals surface area contributed by atoms with Gasteiger partial charge < -0.3 is 32.9 Å². The predicted molar refractivity (Wildman–Crippen MR) is 236 cm³/mol. The van der Waals surface area contributed by atoms with Gasteiger partial charge in [-0.1, -0.05) is 54.6 Å². The number of hydrogen-bond donors (Lipinski definition) is 0. The van der Waals surface area contributed by atoms with E-state index in [2.05, 4.69) is 0 Å². The number of aliphatic imine (C=N–C) groups is 1. The highest BCUT2D eigenvalue weighted by Crippen LogP contribution is 2.49. The average Bonchev–Trinajstić information content (AvgIpc) is 3.88. The third kappa shape index (κ3) is 8.21. The van der Waals surface area contributed by atoms with Gasteiger partial charge in [0, 0.05) is 22.3 Å². The van der Waals surface area contributed by atoms with Crippen LogP contribution in [0.4, 0.5) is 8.63 Å². The lowest BCUT2D eigenvalue weighted by Gasteiger charge is -2.19. The smallest absolute Gasteiger partial charge is 0.497 e. The van der Waals surface area contributed by atoms with Crippen molar-refractivity contribution in [2.75, 3.05) is 41.7 Å². The van der Waals surface area contributed by atoms with Gasteiger partial charge in [-0.05, 0) is 109 Å². The zero-order valence-corrected chi connectivity index (χ0v) is 35.0. The first-order chi connectivity index (χ1) is 30.2. The van der Waals surface area contributed by atoms with E-state index in [0.717, 1.165) is 4.48 Å². The molecular weight excluding hydrogens is 793 g/mol. The van der Waals surface area contributed by atoms with Crippen LogP contribution in [0.3, 0.4) is 0 Å². The topological polar surface area (TPSA) is 107 Å². The Kier molecular flexibility index (Phi) is 13.0. The molecule has 62 heavy (non-hydrogen) atoms. The number of esters is 2. The number of methoxy groups -OCH3 is 4. The third-order valence-electron chi connectivity index (χ3n) is 10.3. The van der Waals surface area contributed by atoms with E-state index >= 15 is 8.63 Å². The number of carbonyl (C=O) groups excluding carboxylic acids is 2. The van der Waals surface area contributed by atoms with Crippen LogP contribution in [-0.4, -0.2) is 71.2 Å². The Balaban J connectivity index is 1.75. The molecule has 5 aromatic carbocycles. The van der Waals surface area contributed by atoms with E-state index in [9.17, 15) is 9.59 Å². The van der Waals surface area contributed by atoms with Gasteiger partial charge in [-0.25, -0.2) is 14.6 Å². The van der Waals surface area contributed by atoms with Gasteiger partial charge in [-0.15, -0.1) is 0 Å². The van der Waals surface area contributed by atoms with Gasteiger partial charge in [0.15, 0.2) is 0 Å². The Morgan fingerprint density at radius 2 is 1.03 bits per heavy atom. The molecule has 1 aliphatic rings. The number of allylic oxidation sites excluding steroid dienone is 1. The maximum absolute atomic E-state index is 16.6. The van der Waals surface area contributed by atoms with Crippen LogP contribution >= 0.6 is 0 Å². The molecule has 0 radical (unpaired) electrons. The van der Waals surface area contributed by atoms with Crippen LogP contribution in [0, 0.1) is 0 Å². The van der Waals surface area contributed by atoms with Crippen LogP contribution < -0.4 is 18.9 Å². The molecule has 2 heterocycles. The van der Waals surface area contributed by atoms with Gasteiger partial charge in [0.25, 0.3) is 0 Å². The number of carbonyl (C=O) groups is 2. The Labute approximate surface area is 358 Å². The lowest BCUT2D eigenvalue weighted by molar-refractivity contribution is -0.137. The largest absolute Gasteiger partial charge is 0.678 e. The van der Waals surface area contributed by atoms with E-state index in [-0.39, 0.29) is 58.3 Å². The summed E-state index contributed by atoms with van der Waals surface area (Å²) in [6.07, 6.45) is 0. The van der Waals surface area contributed by atoms with Crippen LogP contribution in [0.5, 0.6) is 23.0 Å². The maximum Gasteiger partial charge on any atom is 0.678 e. The lowest BCUT2D eigenvalue weighted by atomic mass is 9.87. The van der Waals surface area contributed by atoms with Gasteiger partial charge >= 0.3 is 19.3 Å². The molecule has 1 aromatic heterocycles. The minimum absolute atomic E-state index is 0.0342. The fourth-order valence-electron chi connectivity index (χ4n) is 7.53. The fraction of sp³-hybridized carbons (Fsp3) is 0.163. The van der Waals surface area contributed by atoms with Crippen LogP contribution in [0.1, 0.15) is 46.6 Å². The van der Waals surface area contributed by atoms with Crippen molar-refractivity contribution in [2.45, 2.75) is 13.8 Å². The van der Waals surface area contributed by atoms with Crippen molar-refractivity contribution in [3.63, 3.8) is 0 Å². The molecule has 13 heteroatoms. The summed E-state index contributed by atoms with van der Waals surface area (Å²) in [5.74, 6) is 0.603.